The van der Waals surface area contributed by atoms with E-state index < -0.39 is 5.82 Å². The number of aromatic nitrogens is 1. The Morgan fingerprint density at radius 3 is 2.84 bits per heavy atom. The number of nitrogens with one attached hydrogen (secondary N) is 1. The van der Waals surface area contributed by atoms with Gasteiger partial charge in [-0.25, -0.2) is 9.37 Å². The van der Waals surface area contributed by atoms with Crippen LogP contribution in [0.1, 0.15) is 29.6 Å². The highest BCUT2D eigenvalue weighted by atomic mass is 32.1. The van der Waals surface area contributed by atoms with E-state index in [1.165, 1.54) is 12.3 Å². The Morgan fingerprint density at radius 2 is 2.12 bits per heavy atom. The predicted octanol–water partition coefficient (Wildman–Crippen LogP) is 3.29. The third-order valence-electron chi connectivity index (χ3n) is 5.20. The molecule has 3 fully saturated rings. The minimum absolute atomic E-state index is 0.129. The van der Waals surface area contributed by atoms with Gasteiger partial charge in [0.25, 0.3) is 5.91 Å². The Labute approximate surface area is 149 Å². The van der Waals surface area contributed by atoms with Gasteiger partial charge in [0.15, 0.2) is 16.6 Å². The number of para-hydroxylation sites is 1. The van der Waals surface area contributed by atoms with E-state index in [2.05, 4.69) is 22.1 Å². The van der Waals surface area contributed by atoms with Crippen molar-refractivity contribution in [3.05, 3.63) is 41.3 Å². The number of halogens is 1. The molecule has 2 bridgehead atoms. The predicted molar refractivity (Wildman–Crippen MR) is 93.6 cm³/mol. The van der Waals surface area contributed by atoms with Crippen molar-refractivity contribution < 1.29 is 13.9 Å². The van der Waals surface area contributed by atoms with Gasteiger partial charge in [0.05, 0.1) is 6.20 Å². The first-order valence-electron chi connectivity index (χ1n) is 8.55. The molecule has 0 radical (unpaired) electrons. The topological polar surface area (TPSA) is 54.5 Å². The minimum Gasteiger partial charge on any atom is -0.442 e. The van der Waals surface area contributed by atoms with Crippen LogP contribution in [0.2, 0.25) is 0 Å². The van der Waals surface area contributed by atoms with Crippen molar-refractivity contribution in [1.82, 2.24) is 15.2 Å². The molecule has 3 saturated heterocycles. The van der Waals surface area contributed by atoms with Crippen molar-refractivity contribution in [3.8, 4) is 10.8 Å². The van der Waals surface area contributed by atoms with Crippen molar-refractivity contribution in [2.75, 3.05) is 13.1 Å². The van der Waals surface area contributed by atoms with Crippen molar-refractivity contribution in [2.24, 2.45) is 5.92 Å². The Hall–Kier alpha value is -1.99. The summed E-state index contributed by atoms with van der Waals surface area (Å²) >= 11 is 1.13. The molecule has 1 aromatic carbocycles. The molecular weight excluding hydrogens is 341 g/mol. The number of ether oxygens (including phenoxy) is 1. The van der Waals surface area contributed by atoms with E-state index >= 15 is 0 Å². The van der Waals surface area contributed by atoms with E-state index in [4.69, 9.17) is 4.74 Å². The molecule has 0 spiro atoms. The number of amides is 1. The molecule has 3 aliphatic heterocycles. The second-order valence-corrected chi connectivity index (χ2v) is 7.62. The van der Waals surface area contributed by atoms with Gasteiger partial charge in [-0.05, 0) is 50.9 Å². The first-order valence-corrected chi connectivity index (χ1v) is 9.36. The molecule has 5 rings (SSSR count). The van der Waals surface area contributed by atoms with Crippen LogP contribution in [0.4, 0.5) is 4.39 Å². The van der Waals surface area contributed by atoms with Crippen LogP contribution in [0.3, 0.4) is 0 Å². The van der Waals surface area contributed by atoms with Crippen LogP contribution in [0.25, 0.3) is 0 Å². The fourth-order valence-corrected chi connectivity index (χ4v) is 4.49. The molecule has 1 N–H and O–H groups in total. The lowest BCUT2D eigenvalue weighted by molar-refractivity contribution is 0.0217. The molecule has 132 valence electrons. The van der Waals surface area contributed by atoms with Crippen molar-refractivity contribution >= 4 is 17.2 Å². The van der Waals surface area contributed by atoms with Gasteiger partial charge in [0.2, 0.25) is 5.06 Å². The van der Waals surface area contributed by atoms with Crippen LogP contribution in [-0.4, -0.2) is 41.0 Å². The lowest BCUT2D eigenvalue weighted by Crippen LogP contribution is -2.62. The molecule has 25 heavy (non-hydrogen) atoms. The van der Waals surface area contributed by atoms with Gasteiger partial charge >= 0.3 is 0 Å². The van der Waals surface area contributed by atoms with Gasteiger partial charge in [-0.15, -0.1) is 0 Å². The summed E-state index contributed by atoms with van der Waals surface area (Å²) in [4.78, 5) is 19.1. The van der Waals surface area contributed by atoms with E-state index in [0.717, 1.165) is 37.3 Å². The normalized spacial score (nSPS) is 27.9. The average Bonchev–Trinajstić information content (AvgIpc) is 3.09. The second kappa shape index (κ2) is 6.72. The zero-order valence-corrected chi connectivity index (χ0v) is 14.8. The van der Waals surface area contributed by atoms with Crippen LogP contribution in [0, 0.1) is 11.7 Å². The van der Waals surface area contributed by atoms with Gasteiger partial charge in [-0.3, -0.25) is 9.69 Å². The fourth-order valence-electron chi connectivity index (χ4n) is 3.81. The lowest BCUT2D eigenvalue weighted by atomic mass is 9.79. The summed E-state index contributed by atoms with van der Waals surface area (Å²) in [6.07, 6.45) is 3.73. The standard InChI is InChI=1S/C18H20FN3O2S/c1-11-16(12-6-8-22(11)9-7-12)21-17(23)18-20-10-15(25-18)24-14-5-3-2-4-13(14)19/h2-5,10-12,16H,6-9H2,1H3,(H,21,23). The summed E-state index contributed by atoms with van der Waals surface area (Å²) in [7, 11) is 0. The highest BCUT2D eigenvalue weighted by molar-refractivity contribution is 7.15. The van der Waals surface area contributed by atoms with E-state index in [1.54, 1.807) is 18.2 Å². The van der Waals surface area contributed by atoms with Gasteiger partial charge < -0.3 is 10.1 Å². The van der Waals surface area contributed by atoms with Crippen LogP contribution >= 0.6 is 11.3 Å². The SMILES string of the molecule is CC1C(NC(=O)c2ncc(Oc3ccccc3F)s2)C2CCN1CC2. The summed E-state index contributed by atoms with van der Waals surface area (Å²) in [5.74, 6) is 0.0455. The van der Waals surface area contributed by atoms with Crippen molar-refractivity contribution in [3.63, 3.8) is 0 Å². The summed E-state index contributed by atoms with van der Waals surface area (Å²) in [6.45, 7) is 4.41. The van der Waals surface area contributed by atoms with Gasteiger partial charge in [-0.1, -0.05) is 23.5 Å². The van der Waals surface area contributed by atoms with E-state index in [0.29, 0.717) is 22.0 Å². The highest BCUT2D eigenvalue weighted by Crippen LogP contribution is 2.33. The van der Waals surface area contributed by atoms with Crippen molar-refractivity contribution in [2.45, 2.75) is 31.8 Å². The number of fused-ring (bicyclic) bond motifs is 3. The number of carbonyl (C=O) groups excluding carboxylic acids is 1. The molecule has 2 unspecified atom stereocenters. The molecule has 7 heteroatoms. The van der Waals surface area contributed by atoms with Gasteiger partial charge in [0.1, 0.15) is 0 Å². The first kappa shape index (κ1) is 16.5. The number of thiazole rings is 1. The fraction of sp³-hybridized carbons (Fsp3) is 0.444. The third kappa shape index (κ3) is 3.26. The number of rotatable bonds is 4. The summed E-state index contributed by atoms with van der Waals surface area (Å²) in [6, 6.07) is 6.69. The zero-order valence-electron chi connectivity index (χ0n) is 13.9. The van der Waals surface area contributed by atoms with E-state index in [9.17, 15) is 9.18 Å². The quantitative estimate of drug-likeness (QED) is 0.908. The average molecular weight is 361 g/mol. The second-order valence-electron chi connectivity index (χ2n) is 6.63. The summed E-state index contributed by atoms with van der Waals surface area (Å²) in [5, 5.41) is 3.89. The van der Waals surface area contributed by atoms with Gasteiger partial charge in [-0.2, -0.15) is 0 Å². The minimum atomic E-state index is -0.442. The largest absolute Gasteiger partial charge is 0.442 e. The molecule has 0 saturated carbocycles. The number of carbonyl (C=O) groups is 1. The monoisotopic (exact) mass is 361 g/mol. The van der Waals surface area contributed by atoms with Crippen LogP contribution in [0.5, 0.6) is 10.8 Å². The summed E-state index contributed by atoms with van der Waals surface area (Å²) in [5.41, 5.74) is 0. The molecule has 5 nitrogen and oxygen atoms in total. The van der Waals surface area contributed by atoms with Crippen LogP contribution in [0.15, 0.2) is 30.5 Å². The maximum absolute atomic E-state index is 13.7. The van der Waals surface area contributed by atoms with Crippen LogP contribution in [-0.2, 0) is 0 Å². The number of hydrogen-bond acceptors (Lipinski definition) is 5. The highest BCUT2D eigenvalue weighted by Gasteiger charge is 2.40. The van der Waals surface area contributed by atoms with E-state index in [-0.39, 0.29) is 17.7 Å². The number of piperidine rings is 3. The number of nitrogens with zero attached hydrogens (tertiary/aromatic N) is 2. The summed E-state index contributed by atoms with van der Waals surface area (Å²) < 4.78 is 19.1. The Bertz CT molecular complexity index is 771. The number of benzene rings is 1. The maximum atomic E-state index is 13.7. The molecule has 2 aromatic rings. The smallest absolute Gasteiger partial charge is 0.280 e. The number of hydrogen-bond donors (Lipinski definition) is 1. The molecule has 3 aliphatic rings. The lowest BCUT2D eigenvalue weighted by Gasteiger charge is -2.49. The van der Waals surface area contributed by atoms with E-state index in [1.807, 2.05) is 0 Å². The zero-order chi connectivity index (χ0) is 17.4. The third-order valence-corrected chi connectivity index (χ3v) is 6.08. The van der Waals surface area contributed by atoms with Crippen LogP contribution < -0.4 is 10.1 Å². The molecule has 1 amide bonds. The van der Waals surface area contributed by atoms with Gasteiger partial charge in [0, 0.05) is 12.1 Å². The Balaban J connectivity index is 1.43. The maximum Gasteiger partial charge on any atom is 0.280 e. The molecule has 2 atom stereocenters. The molecule has 4 heterocycles. The Kier molecular flexibility index (Phi) is 4.43. The molecule has 1 aromatic heterocycles. The first-order chi connectivity index (χ1) is 12.1. The van der Waals surface area contributed by atoms with Crippen molar-refractivity contribution in [1.29, 1.82) is 0 Å². The molecule has 0 aliphatic carbocycles. The Morgan fingerprint density at radius 1 is 1.36 bits per heavy atom. The molecular formula is C18H20FN3O2S.